The molecule has 1 amide bonds. The van der Waals surface area contributed by atoms with Gasteiger partial charge in [0.25, 0.3) is 5.91 Å². The minimum absolute atomic E-state index is 0.0192. The van der Waals surface area contributed by atoms with E-state index >= 15 is 0 Å². The molecule has 1 aromatic rings. The lowest BCUT2D eigenvalue weighted by Crippen LogP contribution is -2.32. The van der Waals surface area contributed by atoms with Crippen molar-refractivity contribution < 1.29 is 34.0 Å². The van der Waals surface area contributed by atoms with Gasteiger partial charge in [0, 0.05) is 6.54 Å². The number of aliphatic hydroxyl groups is 1. The van der Waals surface area contributed by atoms with Crippen LogP contribution in [-0.2, 0) is 25.5 Å². The summed E-state index contributed by atoms with van der Waals surface area (Å²) in [5.41, 5.74) is 6.25. The molecule has 0 fully saturated rings. The Morgan fingerprint density at radius 3 is 2.35 bits per heavy atom. The fraction of sp³-hybridized carbons (Fsp3) is 0.529. The molecule has 1 rings (SSSR count). The maximum absolute atomic E-state index is 11.7. The van der Waals surface area contributed by atoms with Gasteiger partial charge in [0.15, 0.2) is 6.61 Å². The summed E-state index contributed by atoms with van der Waals surface area (Å²) in [6.45, 7) is 1.63. The van der Waals surface area contributed by atoms with Crippen LogP contribution in [0.15, 0.2) is 24.3 Å². The largest absolute Gasteiger partial charge is 0.484 e. The zero-order valence-electron chi connectivity index (χ0n) is 14.6. The Morgan fingerprint density at radius 1 is 1.08 bits per heavy atom. The Balaban J connectivity index is 2.13. The number of carboxylic acid groups (broad SMARTS) is 1. The van der Waals surface area contributed by atoms with Crippen LogP contribution in [0.1, 0.15) is 5.56 Å². The predicted octanol–water partition coefficient (Wildman–Crippen LogP) is -0.838. The van der Waals surface area contributed by atoms with E-state index in [0.29, 0.717) is 32.1 Å². The summed E-state index contributed by atoms with van der Waals surface area (Å²) in [4.78, 5) is 22.4. The van der Waals surface area contributed by atoms with Gasteiger partial charge in [0.05, 0.1) is 33.0 Å². The van der Waals surface area contributed by atoms with Crippen molar-refractivity contribution in [3.8, 4) is 5.75 Å². The van der Waals surface area contributed by atoms with Crippen LogP contribution in [0.4, 0.5) is 0 Å². The van der Waals surface area contributed by atoms with Gasteiger partial charge in [0.2, 0.25) is 0 Å². The summed E-state index contributed by atoms with van der Waals surface area (Å²) >= 11 is 0. The second-order valence-electron chi connectivity index (χ2n) is 5.38. The Kier molecular flexibility index (Phi) is 11.0. The lowest BCUT2D eigenvalue weighted by molar-refractivity contribution is -0.138. The number of amides is 1. The quantitative estimate of drug-likeness (QED) is 0.311. The lowest BCUT2D eigenvalue weighted by Gasteiger charge is -2.10. The van der Waals surface area contributed by atoms with Crippen LogP contribution in [0.25, 0.3) is 0 Å². The van der Waals surface area contributed by atoms with Crippen molar-refractivity contribution in [2.75, 3.05) is 46.2 Å². The van der Waals surface area contributed by atoms with E-state index in [0.717, 1.165) is 5.56 Å². The molecule has 0 aromatic heterocycles. The first-order valence-corrected chi connectivity index (χ1v) is 8.26. The van der Waals surface area contributed by atoms with Crippen molar-refractivity contribution in [1.29, 1.82) is 0 Å². The molecule has 5 N–H and O–H groups in total. The molecule has 0 aliphatic heterocycles. The molecule has 9 heteroatoms. The molecule has 0 aliphatic rings. The fourth-order valence-electron chi connectivity index (χ4n) is 1.91. The Hall–Kier alpha value is -2.20. The molecule has 0 saturated heterocycles. The summed E-state index contributed by atoms with van der Waals surface area (Å²) in [5.74, 6) is -0.823. The fourth-order valence-corrected chi connectivity index (χ4v) is 1.91. The average molecular weight is 370 g/mol. The first-order valence-electron chi connectivity index (χ1n) is 8.26. The number of carboxylic acids is 1. The van der Waals surface area contributed by atoms with Gasteiger partial charge in [-0.15, -0.1) is 0 Å². The van der Waals surface area contributed by atoms with Gasteiger partial charge in [-0.2, -0.15) is 0 Å². The van der Waals surface area contributed by atoms with Crippen molar-refractivity contribution in [2.45, 2.75) is 12.5 Å². The van der Waals surface area contributed by atoms with Gasteiger partial charge in [-0.3, -0.25) is 9.59 Å². The second-order valence-corrected chi connectivity index (χ2v) is 5.38. The minimum atomic E-state index is -1.05. The highest BCUT2D eigenvalue weighted by atomic mass is 16.5. The van der Waals surface area contributed by atoms with Crippen LogP contribution in [-0.4, -0.2) is 74.3 Å². The Bertz CT molecular complexity index is 536. The van der Waals surface area contributed by atoms with E-state index < -0.39 is 12.0 Å². The normalized spacial score (nSPS) is 11.8. The van der Waals surface area contributed by atoms with Crippen molar-refractivity contribution in [2.24, 2.45) is 5.73 Å². The predicted molar refractivity (Wildman–Crippen MR) is 93.0 cm³/mol. The van der Waals surface area contributed by atoms with E-state index in [-0.39, 0.29) is 32.1 Å². The van der Waals surface area contributed by atoms with Crippen LogP contribution >= 0.6 is 0 Å². The maximum atomic E-state index is 11.7. The summed E-state index contributed by atoms with van der Waals surface area (Å²) in [6.07, 6.45) is 0.223. The number of nitrogens with one attached hydrogen (secondary N) is 1. The highest BCUT2D eigenvalue weighted by Crippen LogP contribution is 2.13. The van der Waals surface area contributed by atoms with E-state index in [9.17, 15) is 9.59 Å². The molecule has 0 aliphatic carbocycles. The zero-order chi connectivity index (χ0) is 19.2. The van der Waals surface area contributed by atoms with Gasteiger partial charge in [-0.1, -0.05) is 12.1 Å². The van der Waals surface area contributed by atoms with Crippen molar-refractivity contribution in [3.05, 3.63) is 29.8 Å². The molecular weight excluding hydrogens is 344 g/mol. The van der Waals surface area contributed by atoms with E-state index in [1.165, 1.54) is 0 Å². The number of hydrogen-bond acceptors (Lipinski definition) is 7. The lowest BCUT2D eigenvalue weighted by atomic mass is 10.1. The summed E-state index contributed by atoms with van der Waals surface area (Å²) < 4.78 is 15.6. The molecule has 0 bridgehead atoms. The highest BCUT2D eigenvalue weighted by Gasteiger charge is 2.12. The topological polar surface area (TPSA) is 140 Å². The number of hydrogen-bond donors (Lipinski definition) is 4. The molecule has 0 spiro atoms. The maximum Gasteiger partial charge on any atom is 0.320 e. The van der Waals surface area contributed by atoms with E-state index in [4.69, 9.17) is 30.2 Å². The molecule has 9 nitrogen and oxygen atoms in total. The minimum Gasteiger partial charge on any atom is -0.484 e. The van der Waals surface area contributed by atoms with Crippen LogP contribution in [0.3, 0.4) is 0 Å². The van der Waals surface area contributed by atoms with Gasteiger partial charge < -0.3 is 35.5 Å². The third-order valence-corrected chi connectivity index (χ3v) is 3.24. The number of ether oxygens (including phenoxy) is 3. The number of nitrogens with two attached hydrogens (primary N) is 1. The van der Waals surface area contributed by atoms with Crippen LogP contribution < -0.4 is 15.8 Å². The SMILES string of the molecule is N[C@@H](Cc1ccc(OCC(=O)NCCOCCOCCO)cc1)C(=O)O. The molecule has 0 radical (unpaired) electrons. The second kappa shape index (κ2) is 13.1. The van der Waals surface area contributed by atoms with Crippen LogP contribution in [0, 0.1) is 0 Å². The molecule has 146 valence electrons. The smallest absolute Gasteiger partial charge is 0.320 e. The van der Waals surface area contributed by atoms with Crippen LogP contribution in [0.2, 0.25) is 0 Å². The highest BCUT2D eigenvalue weighted by molar-refractivity contribution is 5.77. The molecular formula is C17H26N2O7. The average Bonchev–Trinajstić information content (AvgIpc) is 2.63. The third kappa shape index (κ3) is 9.94. The number of carbonyl (C=O) groups excluding carboxylic acids is 1. The van der Waals surface area contributed by atoms with Crippen LogP contribution in [0.5, 0.6) is 5.75 Å². The summed E-state index contributed by atoms with van der Waals surface area (Å²) in [7, 11) is 0. The van der Waals surface area contributed by atoms with Gasteiger partial charge >= 0.3 is 5.97 Å². The number of aliphatic carboxylic acids is 1. The van der Waals surface area contributed by atoms with Crippen molar-refractivity contribution in [3.63, 3.8) is 0 Å². The Morgan fingerprint density at radius 2 is 1.73 bits per heavy atom. The van der Waals surface area contributed by atoms with Crippen molar-refractivity contribution >= 4 is 11.9 Å². The van der Waals surface area contributed by atoms with Gasteiger partial charge in [0.1, 0.15) is 11.8 Å². The summed E-state index contributed by atoms with van der Waals surface area (Å²) in [5, 5.41) is 19.9. The van der Waals surface area contributed by atoms with Gasteiger partial charge in [-0.25, -0.2) is 0 Å². The van der Waals surface area contributed by atoms with E-state index in [1.807, 2.05) is 0 Å². The molecule has 0 unspecified atom stereocenters. The summed E-state index contributed by atoms with van der Waals surface area (Å²) in [6, 6.07) is 5.79. The number of benzene rings is 1. The standard InChI is InChI=1S/C17H26N2O7/c18-15(17(22)23)11-13-1-3-14(4-2-13)26-12-16(21)19-5-7-24-9-10-25-8-6-20/h1-4,15,20H,5-12,18H2,(H,19,21)(H,22,23)/t15-/m0/s1. The monoisotopic (exact) mass is 370 g/mol. The third-order valence-electron chi connectivity index (χ3n) is 3.24. The Labute approximate surface area is 152 Å². The number of aliphatic hydroxyl groups excluding tert-OH is 1. The molecule has 0 heterocycles. The zero-order valence-corrected chi connectivity index (χ0v) is 14.6. The van der Waals surface area contributed by atoms with Crippen molar-refractivity contribution in [1.82, 2.24) is 5.32 Å². The molecule has 1 aromatic carbocycles. The molecule has 26 heavy (non-hydrogen) atoms. The number of rotatable bonds is 14. The molecule has 1 atom stereocenters. The van der Waals surface area contributed by atoms with E-state index in [1.54, 1.807) is 24.3 Å². The first kappa shape index (κ1) is 21.8. The van der Waals surface area contributed by atoms with Gasteiger partial charge in [-0.05, 0) is 24.1 Å². The first-order chi connectivity index (χ1) is 12.5. The number of carbonyl (C=O) groups is 2. The molecule has 0 saturated carbocycles. The van der Waals surface area contributed by atoms with E-state index in [2.05, 4.69) is 5.32 Å².